The van der Waals surface area contributed by atoms with Crippen LogP contribution in [-0.2, 0) is 0 Å². The van der Waals surface area contributed by atoms with E-state index in [1.54, 1.807) is 0 Å². The van der Waals surface area contributed by atoms with Crippen LogP contribution in [0.2, 0.25) is 0 Å². The predicted octanol–water partition coefficient (Wildman–Crippen LogP) is 17.5. The molecule has 0 saturated heterocycles. The molecule has 0 spiro atoms. The number of nitrogens with zero attached hydrogens (tertiary/aromatic N) is 2. The van der Waals surface area contributed by atoms with E-state index in [1.807, 2.05) is 12.3 Å². The summed E-state index contributed by atoms with van der Waals surface area (Å²) in [5.41, 5.74) is 15.0. The minimum absolute atomic E-state index is 0.836. The van der Waals surface area contributed by atoms with Crippen molar-refractivity contribution in [1.82, 2.24) is 9.97 Å². The number of benzene rings is 10. The molecule has 0 fully saturated rings. The molecule has 3 heterocycles. The smallest absolute Gasteiger partial charge is 0.144 e. The maximum Gasteiger partial charge on any atom is 0.144 e. The van der Waals surface area contributed by atoms with Crippen LogP contribution in [-0.4, -0.2) is 9.97 Å². The number of hydrogen-bond acceptors (Lipinski definition) is 3. The fourth-order valence-electron chi connectivity index (χ4n) is 10.3. The van der Waals surface area contributed by atoms with Crippen LogP contribution >= 0.6 is 0 Å². The Morgan fingerprint density at radius 3 is 1.34 bits per heavy atom. The van der Waals surface area contributed by atoms with Crippen LogP contribution in [0, 0.1) is 0 Å². The summed E-state index contributed by atoms with van der Waals surface area (Å²) in [6.45, 7) is 0. The molecule has 67 heavy (non-hydrogen) atoms. The third kappa shape index (κ3) is 6.43. The van der Waals surface area contributed by atoms with Gasteiger partial charge in [0.2, 0.25) is 0 Å². The quantitative estimate of drug-likeness (QED) is 0.118. The zero-order chi connectivity index (χ0) is 44.3. The van der Waals surface area contributed by atoms with E-state index in [0.717, 1.165) is 105 Å². The summed E-state index contributed by atoms with van der Waals surface area (Å²) in [7, 11) is 0. The molecule has 0 saturated carbocycles. The minimum atomic E-state index is 0.836. The molecule has 0 atom stereocenters. The molecule has 0 radical (unpaired) electrons. The van der Waals surface area contributed by atoms with E-state index in [1.165, 1.54) is 27.3 Å². The van der Waals surface area contributed by atoms with Gasteiger partial charge >= 0.3 is 0 Å². The number of pyridine rings is 2. The first-order valence-electron chi connectivity index (χ1n) is 22.8. The van der Waals surface area contributed by atoms with E-state index in [0.29, 0.717) is 0 Å². The molecule has 3 aromatic heterocycles. The summed E-state index contributed by atoms with van der Waals surface area (Å²) in [6, 6.07) is 84.4. The first-order chi connectivity index (χ1) is 33.3. The van der Waals surface area contributed by atoms with Crippen molar-refractivity contribution in [3.8, 4) is 78.4 Å². The Balaban J connectivity index is 1.01. The molecule has 13 rings (SSSR count). The molecule has 0 bridgehead atoms. The Hall–Kier alpha value is -8.92. The molecule has 13 aromatic rings. The zero-order valence-electron chi connectivity index (χ0n) is 36.4. The molecule has 3 nitrogen and oxygen atoms in total. The van der Waals surface area contributed by atoms with Crippen molar-refractivity contribution in [2.24, 2.45) is 0 Å². The van der Waals surface area contributed by atoms with Gasteiger partial charge in [0.05, 0.1) is 16.7 Å². The molecular formula is C64H40N2O. The van der Waals surface area contributed by atoms with Crippen LogP contribution in [0.3, 0.4) is 0 Å². The first kappa shape index (κ1) is 38.5. The molecule has 0 N–H and O–H groups in total. The highest BCUT2D eigenvalue weighted by atomic mass is 16.3. The Bertz CT molecular complexity index is 3950. The highest BCUT2D eigenvalue weighted by Gasteiger charge is 2.28. The second-order valence-corrected chi connectivity index (χ2v) is 17.1. The fourth-order valence-corrected chi connectivity index (χ4v) is 10.3. The lowest BCUT2D eigenvalue weighted by Crippen LogP contribution is -1.92. The second-order valence-electron chi connectivity index (χ2n) is 17.1. The highest BCUT2D eigenvalue weighted by molar-refractivity contribution is 6.23. The zero-order valence-corrected chi connectivity index (χ0v) is 36.4. The van der Waals surface area contributed by atoms with Gasteiger partial charge in [0.1, 0.15) is 11.5 Å². The van der Waals surface area contributed by atoms with Gasteiger partial charge in [0.25, 0.3) is 0 Å². The van der Waals surface area contributed by atoms with E-state index in [9.17, 15) is 0 Å². The standard InChI is InChI=1S/C64H40N2O/c1-4-17-42(18-5-1)57-52-26-12-14-28-54(52)60(55-29-15-13-27-53(55)57)64-59(43-19-6-2-7-20-43)58(63(67-64)47-21-8-3-9-22-47)44-32-30-41(31-33-44)48-37-38-51(50-25-11-10-24-49(48)50)56-39-36-46-35-34-45-23-16-40-65-61(45)62(46)66-56/h1-40H. The van der Waals surface area contributed by atoms with E-state index < -0.39 is 0 Å². The number of rotatable bonds is 7. The van der Waals surface area contributed by atoms with Crippen LogP contribution in [0.25, 0.3) is 133 Å². The largest absolute Gasteiger partial charge is 0.455 e. The summed E-state index contributed by atoms with van der Waals surface area (Å²) >= 11 is 0. The average molecular weight is 853 g/mol. The van der Waals surface area contributed by atoms with Crippen molar-refractivity contribution >= 4 is 54.1 Å². The molecule has 0 aliphatic rings. The lowest BCUT2D eigenvalue weighted by molar-refractivity contribution is 0.600. The van der Waals surface area contributed by atoms with E-state index in [2.05, 4.69) is 231 Å². The maximum atomic E-state index is 7.46. The Labute approximate surface area is 387 Å². The van der Waals surface area contributed by atoms with Crippen molar-refractivity contribution in [1.29, 1.82) is 0 Å². The lowest BCUT2D eigenvalue weighted by Gasteiger charge is -2.17. The number of aromatic nitrogens is 2. The van der Waals surface area contributed by atoms with Gasteiger partial charge in [0.15, 0.2) is 0 Å². The van der Waals surface area contributed by atoms with Gasteiger partial charge in [-0.2, -0.15) is 0 Å². The maximum absolute atomic E-state index is 7.46. The van der Waals surface area contributed by atoms with Crippen molar-refractivity contribution in [2.75, 3.05) is 0 Å². The summed E-state index contributed by atoms with van der Waals surface area (Å²) in [5, 5.41) is 9.15. The molecule has 312 valence electrons. The second kappa shape index (κ2) is 16.0. The SMILES string of the molecule is c1ccc(-c2oc(-c3c4ccccc4c(-c4ccccc4)c4ccccc34)c(-c3ccccc3)c2-c2ccc(-c3ccc(-c4ccc5ccc6cccnc6c5n4)c4ccccc34)cc2)cc1. The van der Waals surface area contributed by atoms with Crippen LogP contribution in [0.1, 0.15) is 0 Å². The topological polar surface area (TPSA) is 38.9 Å². The summed E-state index contributed by atoms with van der Waals surface area (Å²) in [6.07, 6.45) is 1.84. The lowest BCUT2D eigenvalue weighted by atomic mass is 9.85. The third-order valence-corrected chi connectivity index (χ3v) is 13.3. The van der Waals surface area contributed by atoms with Crippen molar-refractivity contribution < 1.29 is 4.42 Å². The molecular weight excluding hydrogens is 813 g/mol. The molecule has 0 amide bonds. The van der Waals surface area contributed by atoms with Gasteiger partial charge in [-0.1, -0.05) is 224 Å². The fraction of sp³-hybridized carbons (Fsp3) is 0. The van der Waals surface area contributed by atoms with Gasteiger partial charge in [0, 0.05) is 44.8 Å². The van der Waals surface area contributed by atoms with Crippen LogP contribution < -0.4 is 0 Å². The molecule has 3 heteroatoms. The van der Waals surface area contributed by atoms with E-state index in [-0.39, 0.29) is 0 Å². The van der Waals surface area contributed by atoms with Crippen LogP contribution in [0.5, 0.6) is 0 Å². The number of fused-ring (bicyclic) bond motifs is 6. The minimum Gasteiger partial charge on any atom is -0.455 e. The summed E-state index contributed by atoms with van der Waals surface area (Å²) in [5.74, 6) is 1.69. The van der Waals surface area contributed by atoms with Gasteiger partial charge < -0.3 is 4.42 Å². The Morgan fingerprint density at radius 1 is 0.269 bits per heavy atom. The van der Waals surface area contributed by atoms with Gasteiger partial charge in [-0.25, -0.2) is 4.98 Å². The van der Waals surface area contributed by atoms with Crippen LogP contribution in [0.4, 0.5) is 0 Å². The van der Waals surface area contributed by atoms with E-state index in [4.69, 9.17) is 14.4 Å². The highest BCUT2D eigenvalue weighted by Crippen LogP contribution is 2.53. The number of hydrogen-bond donors (Lipinski definition) is 0. The molecule has 0 aliphatic heterocycles. The third-order valence-electron chi connectivity index (χ3n) is 13.3. The van der Waals surface area contributed by atoms with Crippen LogP contribution in [0.15, 0.2) is 247 Å². The van der Waals surface area contributed by atoms with Gasteiger partial charge in [-0.05, 0) is 77.8 Å². The molecule has 0 aliphatic carbocycles. The Morgan fingerprint density at radius 2 is 0.716 bits per heavy atom. The first-order valence-corrected chi connectivity index (χ1v) is 22.8. The van der Waals surface area contributed by atoms with Gasteiger partial charge in [-0.3, -0.25) is 4.98 Å². The van der Waals surface area contributed by atoms with Gasteiger partial charge in [-0.15, -0.1) is 0 Å². The molecule has 0 unspecified atom stereocenters. The van der Waals surface area contributed by atoms with E-state index >= 15 is 0 Å². The summed E-state index contributed by atoms with van der Waals surface area (Å²) < 4.78 is 7.46. The van der Waals surface area contributed by atoms with Crippen molar-refractivity contribution in [2.45, 2.75) is 0 Å². The Kier molecular flexibility index (Phi) is 9.17. The normalized spacial score (nSPS) is 11.6. The summed E-state index contributed by atoms with van der Waals surface area (Å²) in [4.78, 5) is 9.96. The van der Waals surface area contributed by atoms with Crippen molar-refractivity contribution in [3.63, 3.8) is 0 Å². The number of furan rings is 1. The monoisotopic (exact) mass is 852 g/mol. The predicted molar refractivity (Wildman–Crippen MR) is 280 cm³/mol. The van der Waals surface area contributed by atoms with Crippen molar-refractivity contribution in [3.05, 3.63) is 243 Å². The molecule has 10 aromatic carbocycles. The average Bonchev–Trinajstić information content (AvgIpc) is 3.80.